The summed E-state index contributed by atoms with van der Waals surface area (Å²) in [6.45, 7) is 1.76. The summed E-state index contributed by atoms with van der Waals surface area (Å²) in [4.78, 5) is 28.5. The van der Waals surface area contributed by atoms with Crippen molar-refractivity contribution in [1.29, 1.82) is 0 Å². The van der Waals surface area contributed by atoms with E-state index in [1.807, 2.05) is 6.92 Å². The number of aryl methyl sites for hydroxylation is 1. The summed E-state index contributed by atoms with van der Waals surface area (Å²) in [5.41, 5.74) is 0.185. The molecule has 0 saturated heterocycles. The fourth-order valence-corrected chi connectivity index (χ4v) is 2.62. The Labute approximate surface area is 158 Å². The van der Waals surface area contributed by atoms with Gasteiger partial charge in [0.15, 0.2) is 0 Å². The molecule has 0 radical (unpaired) electrons. The Morgan fingerprint density at radius 3 is 2.64 bits per heavy atom. The third-order valence-electron chi connectivity index (χ3n) is 4.01. The van der Waals surface area contributed by atoms with Crippen molar-refractivity contribution in [3.8, 4) is 0 Å². The van der Waals surface area contributed by atoms with Crippen LogP contribution in [0, 0.1) is 6.92 Å². The number of anilines is 1. The zero-order chi connectivity index (χ0) is 20.3. The molecule has 1 amide bonds. The van der Waals surface area contributed by atoms with E-state index in [9.17, 15) is 22.8 Å². The van der Waals surface area contributed by atoms with Crippen molar-refractivity contribution in [1.82, 2.24) is 9.55 Å². The van der Waals surface area contributed by atoms with E-state index in [4.69, 9.17) is 0 Å². The molecule has 144 valence electrons. The SMILES string of the molecule is Cc1ccnc(NC(=O)c2ccc(=O)n(Cc3cccc(C(F)(F)F)c3)c2)c1. The van der Waals surface area contributed by atoms with Crippen LogP contribution in [0.15, 0.2) is 65.7 Å². The Bertz CT molecular complexity index is 1070. The summed E-state index contributed by atoms with van der Waals surface area (Å²) in [6, 6.07) is 10.7. The predicted octanol–water partition coefficient (Wildman–Crippen LogP) is 3.87. The van der Waals surface area contributed by atoms with E-state index < -0.39 is 23.2 Å². The molecule has 2 aromatic heterocycles. The van der Waals surface area contributed by atoms with Crippen molar-refractivity contribution in [2.75, 3.05) is 5.32 Å². The Morgan fingerprint density at radius 2 is 1.93 bits per heavy atom. The molecule has 5 nitrogen and oxygen atoms in total. The molecule has 0 bridgehead atoms. The molecule has 28 heavy (non-hydrogen) atoms. The van der Waals surface area contributed by atoms with E-state index in [2.05, 4.69) is 10.3 Å². The largest absolute Gasteiger partial charge is 0.416 e. The Kier molecular flexibility index (Phi) is 5.30. The lowest BCUT2D eigenvalue weighted by atomic mass is 10.1. The maximum atomic E-state index is 12.9. The van der Waals surface area contributed by atoms with Gasteiger partial charge in [0, 0.05) is 18.5 Å². The van der Waals surface area contributed by atoms with Gasteiger partial charge in [-0.1, -0.05) is 12.1 Å². The third kappa shape index (κ3) is 4.64. The van der Waals surface area contributed by atoms with Gasteiger partial charge < -0.3 is 9.88 Å². The number of nitrogens with zero attached hydrogens (tertiary/aromatic N) is 2. The van der Waals surface area contributed by atoms with Crippen LogP contribution in [0.1, 0.15) is 27.0 Å². The highest BCUT2D eigenvalue weighted by molar-refractivity contribution is 6.03. The van der Waals surface area contributed by atoms with E-state index in [0.717, 1.165) is 17.7 Å². The fourth-order valence-electron chi connectivity index (χ4n) is 2.62. The topological polar surface area (TPSA) is 64.0 Å². The molecular formula is C20H16F3N3O2. The number of halogens is 3. The standard InChI is InChI=1S/C20H16F3N3O2/c1-13-7-8-24-17(9-13)25-19(28)15-5-6-18(27)26(12-15)11-14-3-2-4-16(10-14)20(21,22)23/h2-10,12H,11H2,1H3,(H,24,25,28). The molecule has 0 fully saturated rings. The van der Waals surface area contributed by atoms with Gasteiger partial charge in [-0.25, -0.2) is 4.98 Å². The van der Waals surface area contributed by atoms with Gasteiger partial charge in [0.25, 0.3) is 11.5 Å². The average Bonchev–Trinajstić information content (AvgIpc) is 2.63. The molecule has 0 atom stereocenters. The van der Waals surface area contributed by atoms with E-state index in [0.29, 0.717) is 11.4 Å². The maximum Gasteiger partial charge on any atom is 0.416 e. The zero-order valence-corrected chi connectivity index (χ0v) is 14.8. The number of carbonyl (C=O) groups excluding carboxylic acids is 1. The normalized spacial score (nSPS) is 11.3. The van der Waals surface area contributed by atoms with Crippen molar-refractivity contribution in [3.63, 3.8) is 0 Å². The number of pyridine rings is 2. The molecule has 0 aliphatic rings. The molecule has 3 rings (SSSR count). The highest BCUT2D eigenvalue weighted by atomic mass is 19.4. The highest BCUT2D eigenvalue weighted by Gasteiger charge is 2.30. The first-order valence-corrected chi connectivity index (χ1v) is 8.33. The minimum absolute atomic E-state index is 0.0907. The number of rotatable bonds is 4. The summed E-state index contributed by atoms with van der Waals surface area (Å²) in [5.74, 6) is -0.114. The lowest BCUT2D eigenvalue weighted by molar-refractivity contribution is -0.137. The lowest BCUT2D eigenvalue weighted by Crippen LogP contribution is -2.23. The molecule has 0 aliphatic carbocycles. The van der Waals surface area contributed by atoms with Gasteiger partial charge >= 0.3 is 6.18 Å². The van der Waals surface area contributed by atoms with Crippen molar-refractivity contribution in [3.05, 3.63) is 93.5 Å². The molecule has 1 aromatic carbocycles. The molecular weight excluding hydrogens is 371 g/mol. The van der Waals surface area contributed by atoms with Crippen molar-refractivity contribution in [2.45, 2.75) is 19.6 Å². The predicted molar refractivity (Wildman–Crippen MR) is 98.2 cm³/mol. The van der Waals surface area contributed by atoms with Crippen LogP contribution < -0.4 is 10.9 Å². The van der Waals surface area contributed by atoms with Gasteiger partial charge in [0.2, 0.25) is 0 Å². The number of alkyl halides is 3. The number of hydrogen-bond donors (Lipinski definition) is 1. The Hall–Kier alpha value is -3.42. The number of amides is 1. The van der Waals surface area contributed by atoms with E-state index in [1.54, 1.807) is 18.3 Å². The van der Waals surface area contributed by atoms with Crippen LogP contribution in [0.5, 0.6) is 0 Å². The summed E-state index contributed by atoms with van der Waals surface area (Å²) < 4.78 is 39.8. The molecule has 0 saturated carbocycles. The maximum absolute atomic E-state index is 12.9. The number of benzene rings is 1. The Morgan fingerprint density at radius 1 is 1.14 bits per heavy atom. The molecule has 1 N–H and O–H groups in total. The zero-order valence-electron chi connectivity index (χ0n) is 14.8. The van der Waals surface area contributed by atoms with E-state index in [1.165, 1.54) is 35.0 Å². The molecule has 8 heteroatoms. The van der Waals surface area contributed by atoms with Crippen LogP contribution in [-0.4, -0.2) is 15.5 Å². The molecule has 0 aliphatic heterocycles. The van der Waals surface area contributed by atoms with E-state index in [-0.39, 0.29) is 12.1 Å². The molecule has 0 unspecified atom stereocenters. The summed E-state index contributed by atoms with van der Waals surface area (Å²) in [7, 11) is 0. The quantitative estimate of drug-likeness (QED) is 0.739. The summed E-state index contributed by atoms with van der Waals surface area (Å²) in [5, 5.41) is 2.62. The number of nitrogens with one attached hydrogen (secondary N) is 1. The van der Waals surface area contributed by atoms with Crippen LogP contribution in [0.4, 0.5) is 19.0 Å². The summed E-state index contributed by atoms with van der Waals surface area (Å²) >= 11 is 0. The monoisotopic (exact) mass is 387 g/mol. The average molecular weight is 387 g/mol. The lowest BCUT2D eigenvalue weighted by Gasteiger charge is -2.11. The van der Waals surface area contributed by atoms with Crippen molar-refractivity contribution >= 4 is 11.7 Å². The van der Waals surface area contributed by atoms with Crippen LogP contribution >= 0.6 is 0 Å². The number of carbonyl (C=O) groups is 1. The first-order valence-electron chi connectivity index (χ1n) is 8.33. The van der Waals surface area contributed by atoms with E-state index >= 15 is 0 Å². The first-order chi connectivity index (χ1) is 13.2. The second-order valence-corrected chi connectivity index (χ2v) is 6.25. The smallest absolute Gasteiger partial charge is 0.310 e. The number of aromatic nitrogens is 2. The number of hydrogen-bond acceptors (Lipinski definition) is 3. The van der Waals surface area contributed by atoms with Gasteiger partial charge in [-0.15, -0.1) is 0 Å². The van der Waals surface area contributed by atoms with Crippen LogP contribution in [-0.2, 0) is 12.7 Å². The fraction of sp³-hybridized carbons (Fsp3) is 0.150. The van der Waals surface area contributed by atoms with Gasteiger partial charge in [0.05, 0.1) is 17.7 Å². The van der Waals surface area contributed by atoms with Gasteiger partial charge in [-0.05, 0) is 48.4 Å². The first kappa shape index (κ1) is 19.3. The molecule has 0 spiro atoms. The Balaban J connectivity index is 1.84. The molecule has 3 aromatic rings. The van der Waals surface area contributed by atoms with Crippen LogP contribution in [0.2, 0.25) is 0 Å². The van der Waals surface area contributed by atoms with Gasteiger partial charge in [-0.3, -0.25) is 9.59 Å². The minimum atomic E-state index is -4.47. The van der Waals surface area contributed by atoms with Crippen molar-refractivity contribution < 1.29 is 18.0 Å². The molecule has 2 heterocycles. The van der Waals surface area contributed by atoms with Gasteiger partial charge in [0.1, 0.15) is 5.82 Å². The van der Waals surface area contributed by atoms with Crippen LogP contribution in [0.3, 0.4) is 0 Å². The van der Waals surface area contributed by atoms with Crippen LogP contribution in [0.25, 0.3) is 0 Å². The second kappa shape index (κ2) is 7.67. The van der Waals surface area contributed by atoms with Gasteiger partial charge in [-0.2, -0.15) is 13.2 Å². The second-order valence-electron chi connectivity index (χ2n) is 6.25. The highest BCUT2D eigenvalue weighted by Crippen LogP contribution is 2.29. The third-order valence-corrected chi connectivity index (χ3v) is 4.01. The minimum Gasteiger partial charge on any atom is -0.310 e. The summed E-state index contributed by atoms with van der Waals surface area (Å²) in [6.07, 6.45) is -1.60. The van der Waals surface area contributed by atoms with Crippen molar-refractivity contribution in [2.24, 2.45) is 0 Å².